The van der Waals surface area contributed by atoms with Crippen molar-refractivity contribution in [1.29, 1.82) is 0 Å². The molecule has 6 aromatic rings. The van der Waals surface area contributed by atoms with Gasteiger partial charge in [0.2, 0.25) is 0 Å². The number of furan rings is 3. The molecule has 6 heteroatoms. The SMILES string of the molecule is CC(=O)c1ccc(-c2ccc(C(c3ccc(-c4ccc(C(C)=O)o4)cc3)c3ccc(-c4ccc(C(C)=O)o4)cc3)cc2)o1. The van der Waals surface area contributed by atoms with Crippen molar-refractivity contribution in [3.8, 4) is 34.0 Å². The first kappa shape index (κ1) is 27.7. The molecule has 0 spiro atoms. The first-order valence-electron chi connectivity index (χ1n) is 13.9. The zero-order chi connectivity index (χ0) is 30.1. The second-order valence-corrected chi connectivity index (χ2v) is 10.5. The maximum atomic E-state index is 11.7. The van der Waals surface area contributed by atoms with Gasteiger partial charge >= 0.3 is 0 Å². The second-order valence-electron chi connectivity index (χ2n) is 10.5. The van der Waals surface area contributed by atoms with Crippen molar-refractivity contribution in [2.24, 2.45) is 0 Å². The second kappa shape index (κ2) is 11.4. The molecule has 0 saturated carbocycles. The van der Waals surface area contributed by atoms with E-state index >= 15 is 0 Å². The van der Waals surface area contributed by atoms with E-state index < -0.39 is 0 Å². The van der Waals surface area contributed by atoms with Crippen molar-refractivity contribution < 1.29 is 27.6 Å². The van der Waals surface area contributed by atoms with Gasteiger partial charge in [-0.3, -0.25) is 14.4 Å². The maximum Gasteiger partial charge on any atom is 0.194 e. The molecule has 0 aliphatic heterocycles. The molecule has 0 amide bonds. The minimum Gasteiger partial charge on any atom is -0.453 e. The van der Waals surface area contributed by atoms with E-state index in [-0.39, 0.29) is 23.3 Å². The summed E-state index contributed by atoms with van der Waals surface area (Å²) in [6, 6.07) is 34.8. The normalized spacial score (nSPS) is 11.2. The van der Waals surface area contributed by atoms with Gasteiger partial charge in [-0.05, 0) is 53.1 Å². The largest absolute Gasteiger partial charge is 0.453 e. The number of benzene rings is 3. The highest BCUT2D eigenvalue weighted by Crippen LogP contribution is 2.36. The summed E-state index contributed by atoms with van der Waals surface area (Å²) in [5.41, 5.74) is 5.82. The highest BCUT2D eigenvalue weighted by Gasteiger charge is 2.19. The van der Waals surface area contributed by atoms with E-state index in [1.165, 1.54) is 20.8 Å². The third-order valence-electron chi connectivity index (χ3n) is 7.44. The van der Waals surface area contributed by atoms with Crippen LogP contribution in [0.3, 0.4) is 0 Å². The van der Waals surface area contributed by atoms with Crippen LogP contribution in [0.1, 0.15) is 75.0 Å². The van der Waals surface area contributed by atoms with E-state index in [1.807, 2.05) is 36.4 Å². The molecule has 6 rings (SSSR count). The molecule has 0 atom stereocenters. The summed E-state index contributed by atoms with van der Waals surface area (Å²) in [7, 11) is 0. The number of hydrogen-bond donors (Lipinski definition) is 0. The van der Waals surface area contributed by atoms with E-state index in [0.29, 0.717) is 34.6 Å². The summed E-state index contributed by atoms with van der Waals surface area (Å²) >= 11 is 0. The van der Waals surface area contributed by atoms with Crippen LogP contribution in [0.25, 0.3) is 34.0 Å². The van der Waals surface area contributed by atoms with Gasteiger partial charge in [0.1, 0.15) is 17.3 Å². The Hall–Kier alpha value is -5.49. The van der Waals surface area contributed by atoms with Crippen LogP contribution in [-0.4, -0.2) is 17.3 Å². The van der Waals surface area contributed by atoms with Gasteiger partial charge in [-0.25, -0.2) is 0 Å². The quantitative estimate of drug-likeness (QED) is 0.128. The minimum atomic E-state index is -0.117. The van der Waals surface area contributed by atoms with Crippen LogP contribution in [0.15, 0.2) is 122 Å². The predicted molar refractivity (Wildman–Crippen MR) is 163 cm³/mol. The summed E-state index contributed by atoms with van der Waals surface area (Å²) in [6.45, 7) is 4.44. The summed E-state index contributed by atoms with van der Waals surface area (Å²) < 4.78 is 17.2. The summed E-state index contributed by atoms with van der Waals surface area (Å²) in [5, 5.41) is 0. The summed E-state index contributed by atoms with van der Waals surface area (Å²) in [4.78, 5) is 35.1. The molecule has 212 valence electrons. The number of Topliss-reactive ketones (excluding diaryl/α,β-unsaturated/α-hetero) is 3. The van der Waals surface area contributed by atoms with Gasteiger partial charge in [-0.2, -0.15) is 0 Å². The Morgan fingerprint density at radius 3 is 0.860 bits per heavy atom. The van der Waals surface area contributed by atoms with Crippen LogP contribution in [0.5, 0.6) is 0 Å². The number of carbonyl (C=O) groups is 3. The van der Waals surface area contributed by atoms with Gasteiger partial charge in [0.15, 0.2) is 34.6 Å². The van der Waals surface area contributed by atoms with Crippen molar-refractivity contribution in [3.63, 3.8) is 0 Å². The smallest absolute Gasteiger partial charge is 0.194 e. The zero-order valence-corrected chi connectivity index (χ0v) is 23.9. The van der Waals surface area contributed by atoms with E-state index in [2.05, 4.69) is 36.4 Å². The molecule has 0 radical (unpaired) electrons. The average molecular weight is 569 g/mol. The molecule has 0 N–H and O–H groups in total. The van der Waals surface area contributed by atoms with Crippen molar-refractivity contribution in [1.82, 2.24) is 0 Å². The molecule has 0 fully saturated rings. The molecule has 6 nitrogen and oxygen atoms in total. The maximum absolute atomic E-state index is 11.7. The molecule has 43 heavy (non-hydrogen) atoms. The Bertz CT molecular complexity index is 1700. The van der Waals surface area contributed by atoms with Gasteiger partial charge in [0.25, 0.3) is 0 Å². The number of rotatable bonds is 9. The Morgan fingerprint density at radius 1 is 0.395 bits per heavy atom. The van der Waals surface area contributed by atoms with Crippen LogP contribution in [0.4, 0.5) is 0 Å². The monoisotopic (exact) mass is 568 g/mol. The van der Waals surface area contributed by atoms with Gasteiger partial charge in [0, 0.05) is 43.4 Å². The Kier molecular flexibility index (Phi) is 7.34. The lowest BCUT2D eigenvalue weighted by atomic mass is 9.84. The lowest BCUT2D eigenvalue weighted by Crippen LogP contribution is -2.03. The summed E-state index contributed by atoms with van der Waals surface area (Å²) in [6.07, 6.45) is 0. The average Bonchev–Trinajstić information content (AvgIpc) is 3.80. The molecule has 3 heterocycles. The minimum absolute atomic E-state index is 0.102. The molecule has 0 saturated heterocycles. The molecule has 3 aromatic carbocycles. The fourth-order valence-electron chi connectivity index (χ4n) is 5.14. The number of carbonyl (C=O) groups excluding carboxylic acids is 3. The standard InChI is InChI=1S/C37H28O6/c1-22(38)31-16-19-34(41-31)25-4-10-28(11-5-25)37(29-12-6-26(7-13-29)35-20-17-32(42-35)23(2)39)30-14-8-27(9-15-30)36-21-18-33(43-36)24(3)40/h4-21,37H,1-3H3. The van der Waals surface area contributed by atoms with E-state index in [9.17, 15) is 14.4 Å². The molecule has 0 bridgehead atoms. The predicted octanol–water partition coefficient (Wildman–Crippen LogP) is 9.25. The highest BCUT2D eigenvalue weighted by atomic mass is 16.4. The first-order valence-corrected chi connectivity index (χ1v) is 13.9. The van der Waals surface area contributed by atoms with Crippen molar-refractivity contribution in [2.75, 3.05) is 0 Å². The topological polar surface area (TPSA) is 90.6 Å². The molecule has 0 unspecified atom stereocenters. The fraction of sp³-hybridized carbons (Fsp3) is 0.108. The van der Waals surface area contributed by atoms with Crippen LogP contribution in [0.2, 0.25) is 0 Å². The number of hydrogen-bond acceptors (Lipinski definition) is 6. The Balaban J connectivity index is 1.36. The molecule has 3 aromatic heterocycles. The summed E-state index contributed by atoms with van der Waals surface area (Å²) in [5.74, 6) is 2.44. The Labute approximate surface area is 248 Å². The third-order valence-corrected chi connectivity index (χ3v) is 7.44. The lowest BCUT2D eigenvalue weighted by molar-refractivity contribution is 0.0980. The van der Waals surface area contributed by atoms with Crippen LogP contribution in [0, 0.1) is 0 Å². The van der Waals surface area contributed by atoms with Crippen molar-refractivity contribution in [3.05, 3.63) is 143 Å². The van der Waals surface area contributed by atoms with E-state index in [1.54, 1.807) is 36.4 Å². The van der Waals surface area contributed by atoms with Gasteiger partial charge in [-0.15, -0.1) is 0 Å². The van der Waals surface area contributed by atoms with Crippen molar-refractivity contribution in [2.45, 2.75) is 26.7 Å². The zero-order valence-electron chi connectivity index (χ0n) is 23.9. The highest BCUT2D eigenvalue weighted by molar-refractivity contribution is 5.92. The fourth-order valence-corrected chi connectivity index (χ4v) is 5.14. The third kappa shape index (κ3) is 5.68. The first-order chi connectivity index (χ1) is 20.8. The Morgan fingerprint density at radius 2 is 0.651 bits per heavy atom. The molecular formula is C37H28O6. The van der Waals surface area contributed by atoms with Crippen LogP contribution >= 0.6 is 0 Å². The molecular weight excluding hydrogens is 540 g/mol. The van der Waals surface area contributed by atoms with Crippen LogP contribution in [-0.2, 0) is 0 Å². The molecule has 0 aliphatic carbocycles. The lowest BCUT2D eigenvalue weighted by Gasteiger charge is -2.20. The van der Waals surface area contributed by atoms with Gasteiger partial charge < -0.3 is 13.3 Å². The number of ketones is 3. The van der Waals surface area contributed by atoms with E-state index in [4.69, 9.17) is 13.3 Å². The molecule has 0 aliphatic rings. The van der Waals surface area contributed by atoms with Crippen LogP contribution < -0.4 is 0 Å². The van der Waals surface area contributed by atoms with Crippen molar-refractivity contribution >= 4 is 17.3 Å². The van der Waals surface area contributed by atoms with E-state index in [0.717, 1.165) is 33.4 Å². The van der Waals surface area contributed by atoms with Gasteiger partial charge in [0.05, 0.1) is 0 Å². The van der Waals surface area contributed by atoms with Gasteiger partial charge in [-0.1, -0.05) is 72.8 Å².